The maximum Gasteiger partial charge on any atom is 0.266 e. The SMILES string of the molecule is COc1ccc(OC)c(S(=O)(=O)NNC(=O)c2cccc3c2Cc2ccccc2-3)c1. The summed E-state index contributed by atoms with van der Waals surface area (Å²) in [6.45, 7) is 0. The lowest BCUT2D eigenvalue weighted by atomic mass is 10.0. The normalized spacial score (nSPS) is 12.1. The lowest BCUT2D eigenvalue weighted by molar-refractivity contribution is 0.0944. The fourth-order valence-corrected chi connectivity index (χ4v) is 4.62. The Bertz CT molecular complexity index is 1240. The molecule has 0 bridgehead atoms. The Kier molecular flexibility index (Phi) is 5.19. The van der Waals surface area contributed by atoms with Gasteiger partial charge in [-0.15, -0.1) is 4.83 Å². The molecule has 7 nitrogen and oxygen atoms in total. The number of hydrogen-bond donors (Lipinski definition) is 2. The van der Waals surface area contributed by atoms with Gasteiger partial charge < -0.3 is 9.47 Å². The standard InChI is InChI=1S/C22H20N2O5S/c1-28-15-10-11-20(29-2)21(13-15)30(26,27)24-23-22(25)18-9-5-8-17-16-7-4-3-6-14(16)12-19(17)18/h3-11,13,24H,12H2,1-2H3,(H,23,25). The van der Waals surface area contributed by atoms with E-state index in [0.717, 1.165) is 22.3 Å². The van der Waals surface area contributed by atoms with E-state index in [1.165, 1.54) is 26.4 Å². The van der Waals surface area contributed by atoms with Crippen LogP contribution in [-0.2, 0) is 16.4 Å². The molecule has 0 heterocycles. The topological polar surface area (TPSA) is 93.7 Å². The minimum Gasteiger partial charge on any atom is -0.497 e. The Labute approximate surface area is 174 Å². The van der Waals surface area contributed by atoms with Gasteiger partial charge in [-0.1, -0.05) is 36.4 Å². The zero-order valence-corrected chi connectivity index (χ0v) is 17.2. The van der Waals surface area contributed by atoms with Crippen LogP contribution in [0, 0.1) is 0 Å². The number of benzene rings is 3. The van der Waals surface area contributed by atoms with Crippen molar-refractivity contribution < 1.29 is 22.7 Å². The summed E-state index contributed by atoms with van der Waals surface area (Å²) in [6, 6.07) is 17.8. The van der Waals surface area contributed by atoms with Gasteiger partial charge in [-0.05, 0) is 46.9 Å². The first-order valence-electron chi connectivity index (χ1n) is 9.19. The van der Waals surface area contributed by atoms with Crippen molar-refractivity contribution in [3.8, 4) is 22.6 Å². The number of sulfonamides is 1. The Morgan fingerprint density at radius 3 is 2.47 bits per heavy atom. The third kappa shape index (κ3) is 3.51. The summed E-state index contributed by atoms with van der Waals surface area (Å²) in [5, 5.41) is 0. The van der Waals surface area contributed by atoms with Crippen LogP contribution < -0.4 is 19.7 Å². The van der Waals surface area contributed by atoms with E-state index < -0.39 is 15.9 Å². The van der Waals surface area contributed by atoms with Crippen LogP contribution in [0.3, 0.4) is 0 Å². The second-order valence-corrected chi connectivity index (χ2v) is 8.39. The lowest BCUT2D eigenvalue weighted by Gasteiger charge is -2.14. The van der Waals surface area contributed by atoms with Gasteiger partial charge in [0.1, 0.15) is 16.4 Å². The summed E-state index contributed by atoms with van der Waals surface area (Å²) in [5.41, 5.74) is 6.80. The molecular formula is C22H20N2O5S. The van der Waals surface area contributed by atoms with Gasteiger partial charge in [-0.25, -0.2) is 8.42 Å². The van der Waals surface area contributed by atoms with E-state index >= 15 is 0 Å². The van der Waals surface area contributed by atoms with E-state index in [0.29, 0.717) is 17.7 Å². The molecule has 0 saturated carbocycles. The first-order valence-corrected chi connectivity index (χ1v) is 10.7. The van der Waals surface area contributed by atoms with Crippen molar-refractivity contribution in [1.29, 1.82) is 0 Å². The van der Waals surface area contributed by atoms with E-state index in [4.69, 9.17) is 9.47 Å². The molecule has 1 aliphatic rings. The predicted octanol–water partition coefficient (Wildman–Crippen LogP) is 2.90. The predicted molar refractivity (Wildman–Crippen MR) is 112 cm³/mol. The number of fused-ring (bicyclic) bond motifs is 3. The van der Waals surface area contributed by atoms with Gasteiger partial charge in [0, 0.05) is 11.6 Å². The first kappa shape index (κ1) is 19.9. The molecule has 8 heteroatoms. The maximum absolute atomic E-state index is 12.8. The second-order valence-electron chi connectivity index (χ2n) is 6.74. The highest BCUT2D eigenvalue weighted by Crippen LogP contribution is 2.38. The number of hydrazine groups is 1. The first-order chi connectivity index (χ1) is 14.4. The summed E-state index contributed by atoms with van der Waals surface area (Å²) in [5.74, 6) is -0.0557. The highest BCUT2D eigenvalue weighted by molar-refractivity contribution is 7.89. The van der Waals surface area contributed by atoms with Crippen molar-refractivity contribution in [3.05, 3.63) is 77.4 Å². The molecule has 0 fully saturated rings. The van der Waals surface area contributed by atoms with Gasteiger partial charge in [-0.3, -0.25) is 10.2 Å². The molecule has 0 aromatic heterocycles. The van der Waals surface area contributed by atoms with Crippen LogP contribution in [0.5, 0.6) is 11.5 Å². The van der Waals surface area contributed by atoms with Crippen LogP contribution in [0.15, 0.2) is 65.6 Å². The molecule has 0 atom stereocenters. The summed E-state index contributed by atoms with van der Waals surface area (Å²) in [4.78, 5) is 14.8. The third-order valence-electron chi connectivity index (χ3n) is 5.05. The Balaban J connectivity index is 1.58. The molecule has 2 N–H and O–H groups in total. The largest absolute Gasteiger partial charge is 0.497 e. The molecule has 154 valence electrons. The molecule has 0 radical (unpaired) electrons. The van der Waals surface area contributed by atoms with Crippen LogP contribution in [-0.4, -0.2) is 28.5 Å². The van der Waals surface area contributed by atoms with Crippen molar-refractivity contribution in [1.82, 2.24) is 10.3 Å². The molecule has 0 saturated heterocycles. The van der Waals surface area contributed by atoms with Gasteiger partial charge in [-0.2, -0.15) is 0 Å². The smallest absolute Gasteiger partial charge is 0.266 e. The average molecular weight is 424 g/mol. The number of carbonyl (C=O) groups excluding carboxylic acids is 1. The minimum absolute atomic E-state index is 0.133. The molecule has 4 rings (SSSR count). The van der Waals surface area contributed by atoms with E-state index in [2.05, 4.69) is 10.3 Å². The van der Waals surface area contributed by atoms with Gasteiger partial charge in [0.2, 0.25) is 0 Å². The summed E-state index contributed by atoms with van der Waals surface area (Å²) >= 11 is 0. The Hall–Kier alpha value is -3.36. The summed E-state index contributed by atoms with van der Waals surface area (Å²) in [6.07, 6.45) is 0.617. The quantitative estimate of drug-likeness (QED) is 0.464. The fourth-order valence-electron chi connectivity index (χ4n) is 3.60. The molecular weight excluding hydrogens is 404 g/mol. The van der Waals surface area contributed by atoms with Gasteiger partial charge in [0.25, 0.3) is 15.9 Å². The van der Waals surface area contributed by atoms with Crippen molar-refractivity contribution >= 4 is 15.9 Å². The molecule has 30 heavy (non-hydrogen) atoms. The van der Waals surface area contributed by atoms with Gasteiger partial charge in [0.15, 0.2) is 0 Å². The summed E-state index contributed by atoms with van der Waals surface area (Å²) < 4.78 is 35.8. The summed E-state index contributed by atoms with van der Waals surface area (Å²) in [7, 11) is -1.30. The maximum atomic E-state index is 12.8. The zero-order valence-electron chi connectivity index (χ0n) is 16.4. The van der Waals surface area contributed by atoms with E-state index in [1.54, 1.807) is 18.2 Å². The number of amides is 1. The zero-order chi connectivity index (χ0) is 21.3. The highest BCUT2D eigenvalue weighted by atomic mass is 32.2. The molecule has 3 aromatic carbocycles. The van der Waals surface area contributed by atoms with E-state index in [-0.39, 0.29) is 10.6 Å². The van der Waals surface area contributed by atoms with Crippen molar-refractivity contribution in [3.63, 3.8) is 0 Å². The molecule has 0 spiro atoms. The highest BCUT2D eigenvalue weighted by Gasteiger charge is 2.25. The van der Waals surface area contributed by atoms with Crippen molar-refractivity contribution in [2.75, 3.05) is 14.2 Å². The number of hydrogen-bond acceptors (Lipinski definition) is 5. The molecule has 0 unspecified atom stereocenters. The molecule has 0 aliphatic heterocycles. The number of ether oxygens (including phenoxy) is 2. The molecule has 1 amide bonds. The van der Waals surface area contributed by atoms with E-state index in [9.17, 15) is 13.2 Å². The van der Waals surface area contributed by atoms with Crippen molar-refractivity contribution in [2.24, 2.45) is 0 Å². The average Bonchev–Trinajstić information content (AvgIpc) is 3.16. The van der Waals surface area contributed by atoms with Crippen LogP contribution in [0.25, 0.3) is 11.1 Å². The van der Waals surface area contributed by atoms with Crippen molar-refractivity contribution in [2.45, 2.75) is 11.3 Å². The Morgan fingerprint density at radius 1 is 0.933 bits per heavy atom. The van der Waals surface area contributed by atoms with Crippen LogP contribution in [0.4, 0.5) is 0 Å². The Morgan fingerprint density at radius 2 is 1.70 bits per heavy atom. The number of methoxy groups -OCH3 is 2. The third-order valence-corrected chi connectivity index (χ3v) is 6.32. The van der Waals surface area contributed by atoms with Gasteiger partial charge >= 0.3 is 0 Å². The molecule has 3 aromatic rings. The number of nitrogens with one attached hydrogen (secondary N) is 2. The van der Waals surface area contributed by atoms with Gasteiger partial charge in [0.05, 0.1) is 14.2 Å². The second kappa shape index (κ2) is 7.81. The number of rotatable bonds is 6. The van der Waals surface area contributed by atoms with Crippen LogP contribution >= 0.6 is 0 Å². The monoisotopic (exact) mass is 424 g/mol. The number of carbonyl (C=O) groups is 1. The lowest BCUT2D eigenvalue weighted by Crippen LogP contribution is -2.42. The van der Waals surface area contributed by atoms with Crippen LogP contribution in [0.2, 0.25) is 0 Å². The van der Waals surface area contributed by atoms with E-state index in [1.807, 2.05) is 30.3 Å². The molecule has 1 aliphatic carbocycles. The fraction of sp³-hybridized carbons (Fsp3) is 0.136. The minimum atomic E-state index is -4.09. The van der Waals surface area contributed by atoms with Crippen LogP contribution in [0.1, 0.15) is 21.5 Å².